The van der Waals surface area contributed by atoms with Crippen LogP contribution in [0.3, 0.4) is 0 Å². The molecule has 188 valence electrons. The predicted octanol–water partition coefficient (Wildman–Crippen LogP) is 6.60. The molecule has 0 bridgehead atoms. The van der Waals surface area contributed by atoms with Gasteiger partial charge in [-0.1, -0.05) is 60.7 Å². The van der Waals surface area contributed by atoms with Crippen LogP contribution in [-0.2, 0) is 6.54 Å². The van der Waals surface area contributed by atoms with Gasteiger partial charge in [-0.05, 0) is 41.5 Å². The summed E-state index contributed by atoms with van der Waals surface area (Å²) in [4.78, 5) is 13.5. The molecule has 0 fully saturated rings. The molecule has 38 heavy (non-hydrogen) atoms. The second-order valence-corrected chi connectivity index (χ2v) is 8.48. The first-order chi connectivity index (χ1) is 18.6. The summed E-state index contributed by atoms with van der Waals surface area (Å²) >= 11 is 0. The van der Waals surface area contributed by atoms with Gasteiger partial charge < -0.3 is 23.8 Å². The van der Waals surface area contributed by atoms with Crippen molar-refractivity contribution in [2.45, 2.75) is 6.54 Å². The third-order valence-electron chi connectivity index (χ3n) is 6.26. The molecule has 0 aliphatic heterocycles. The Hall–Kier alpha value is -5.22. The summed E-state index contributed by atoms with van der Waals surface area (Å²) in [6, 6.07) is 30.5. The van der Waals surface area contributed by atoms with Crippen LogP contribution in [0.15, 0.2) is 102 Å². The number of aromatic nitrogens is 1. The van der Waals surface area contributed by atoms with Crippen LogP contribution in [0.5, 0.6) is 11.5 Å². The van der Waals surface area contributed by atoms with Crippen molar-refractivity contribution in [1.29, 1.82) is 5.26 Å². The smallest absolute Gasteiger partial charge is 0.256 e. The highest BCUT2D eigenvalue weighted by molar-refractivity contribution is 6.06. The third-order valence-corrected chi connectivity index (χ3v) is 6.26. The van der Waals surface area contributed by atoms with Gasteiger partial charge in [0.1, 0.15) is 23.2 Å². The Kier molecular flexibility index (Phi) is 6.96. The number of nitrogens with one attached hydrogen (secondary N) is 1. The lowest BCUT2D eigenvalue weighted by atomic mass is 9.98. The van der Waals surface area contributed by atoms with Crippen LogP contribution in [0.2, 0.25) is 0 Å². The van der Waals surface area contributed by atoms with Crippen LogP contribution < -0.4 is 14.8 Å². The molecule has 1 N–H and O–H groups in total. The van der Waals surface area contributed by atoms with E-state index in [1.165, 1.54) is 14.2 Å². The van der Waals surface area contributed by atoms with E-state index in [-0.39, 0.29) is 5.91 Å². The van der Waals surface area contributed by atoms with Crippen LogP contribution in [0.25, 0.3) is 22.4 Å². The zero-order valence-electron chi connectivity index (χ0n) is 21.0. The molecule has 0 saturated heterocycles. The molecule has 3 aromatic carbocycles. The van der Waals surface area contributed by atoms with Crippen molar-refractivity contribution in [3.8, 4) is 40.0 Å². The molecule has 0 radical (unpaired) electrons. The number of hydrogen-bond donors (Lipinski definition) is 1. The number of benzene rings is 3. The van der Waals surface area contributed by atoms with E-state index in [1.54, 1.807) is 24.5 Å². The fourth-order valence-electron chi connectivity index (χ4n) is 4.51. The van der Waals surface area contributed by atoms with Crippen LogP contribution in [0, 0.1) is 11.3 Å². The van der Waals surface area contributed by atoms with Gasteiger partial charge in [0.15, 0.2) is 11.5 Å². The quantitative estimate of drug-likeness (QED) is 0.258. The molecule has 2 heterocycles. The lowest BCUT2D eigenvalue weighted by molar-refractivity contribution is 0.102. The molecule has 7 heteroatoms. The van der Waals surface area contributed by atoms with E-state index in [4.69, 9.17) is 13.9 Å². The Bertz CT molecular complexity index is 1600. The van der Waals surface area contributed by atoms with Gasteiger partial charge in [0.2, 0.25) is 0 Å². The number of nitrogens with zero attached hydrogens (tertiary/aromatic N) is 2. The van der Waals surface area contributed by atoms with E-state index in [1.807, 2.05) is 77.4 Å². The molecular weight excluding hydrogens is 478 g/mol. The summed E-state index contributed by atoms with van der Waals surface area (Å²) in [6.07, 6.45) is 1.60. The minimum Gasteiger partial charge on any atom is -0.493 e. The van der Waals surface area contributed by atoms with E-state index in [9.17, 15) is 10.1 Å². The summed E-state index contributed by atoms with van der Waals surface area (Å²) in [7, 11) is 3.05. The van der Waals surface area contributed by atoms with Gasteiger partial charge in [-0.25, -0.2) is 0 Å². The normalized spacial score (nSPS) is 10.6. The highest BCUT2D eigenvalue weighted by atomic mass is 16.5. The second-order valence-electron chi connectivity index (χ2n) is 8.48. The summed E-state index contributed by atoms with van der Waals surface area (Å²) in [5.41, 5.74) is 4.01. The molecule has 0 aliphatic carbocycles. The first kappa shape index (κ1) is 24.5. The highest BCUT2D eigenvalue weighted by Crippen LogP contribution is 2.42. The number of nitriles is 1. The highest BCUT2D eigenvalue weighted by Gasteiger charge is 2.27. The van der Waals surface area contributed by atoms with Crippen LogP contribution >= 0.6 is 0 Å². The number of anilines is 1. The van der Waals surface area contributed by atoms with Crippen LogP contribution in [-0.4, -0.2) is 24.7 Å². The van der Waals surface area contributed by atoms with E-state index in [2.05, 4.69) is 11.4 Å². The number of ether oxygens (including phenoxy) is 2. The van der Waals surface area contributed by atoms with Gasteiger partial charge in [-0.15, -0.1) is 0 Å². The van der Waals surface area contributed by atoms with Crippen LogP contribution in [0.1, 0.15) is 21.7 Å². The Morgan fingerprint density at radius 2 is 1.58 bits per heavy atom. The lowest BCUT2D eigenvalue weighted by Gasteiger charge is -2.15. The van der Waals surface area contributed by atoms with E-state index in [0.717, 1.165) is 22.4 Å². The average molecular weight is 504 g/mol. The topological polar surface area (TPSA) is 89.4 Å². The molecule has 0 unspecified atom stereocenters. The summed E-state index contributed by atoms with van der Waals surface area (Å²) in [5.74, 6) is 1.62. The maximum atomic E-state index is 13.5. The molecule has 2 aromatic heterocycles. The molecule has 0 spiro atoms. The molecule has 5 aromatic rings. The minimum absolute atomic E-state index is 0.306. The number of amides is 1. The maximum absolute atomic E-state index is 13.5. The van der Waals surface area contributed by atoms with E-state index >= 15 is 0 Å². The average Bonchev–Trinajstić information content (AvgIpc) is 3.59. The van der Waals surface area contributed by atoms with Gasteiger partial charge in [-0.3, -0.25) is 4.79 Å². The fourth-order valence-corrected chi connectivity index (χ4v) is 4.51. The van der Waals surface area contributed by atoms with E-state index in [0.29, 0.717) is 40.7 Å². The van der Waals surface area contributed by atoms with Crippen molar-refractivity contribution in [3.63, 3.8) is 0 Å². The van der Waals surface area contributed by atoms with Gasteiger partial charge in [0.25, 0.3) is 5.91 Å². The maximum Gasteiger partial charge on any atom is 0.256 e. The van der Waals surface area contributed by atoms with Crippen molar-refractivity contribution in [2.24, 2.45) is 0 Å². The molecule has 1 amide bonds. The fraction of sp³-hybridized carbons (Fsp3) is 0.0968. The molecule has 0 saturated carbocycles. The predicted molar refractivity (Wildman–Crippen MR) is 145 cm³/mol. The molecule has 0 atom stereocenters. The first-order valence-corrected chi connectivity index (χ1v) is 12.0. The van der Waals surface area contributed by atoms with Gasteiger partial charge in [0.05, 0.1) is 32.7 Å². The molecule has 5 rings (SSSR count). The largest absolute Gasteiger partial charge is 0.493 e. The standard InChI is InChI=1S/C31H25N3O4/c1-36-26-16-15-23(18-27(26)37-2)31(35)33-30-25(19-32)28(21-10-5-3-6-11-21)29(22-12-7-4-8-13-22)34(30)20-24-14-9-17-38-24/h3-18H,20H2,1-2H3,(H,33,35). The number of carbonyl (C=O) groups excluding carboxylic acids is 1. The molecule has 7 nitrogen and oxygen atoms in total. The summed E-state index contributed by atoms with van der Waals surface area (Å²) < 4.78 is 18.3. The lowest BCUT2D eigenvalue weighted by Crippen LogP contribution is -2.17. The Morgan fingerprint density at radius 3 is 2.18 bits per heavy atom. The number of carbonyl (C=O) groups is 1. The first-order valence-electron chi connectivity index (χ1n) is 12.0. The van der Waals surface area contributed by atoms with Gasteiger partial charge in [0, 0.05) is 11.1 Å². The van der Waals surface area contributed by atoms with Crippen molar-refractivity contribution < 1.29 is 18.7 Å². The van der Waals surface area contributed by atoms with Gasteiger partial charge in [-0.2, -0.15) is 5.26 Å². The minimum atomic E-state index is -0.389. The summed E-state index contributed by atoms with van der Waals surface area (Å²) in [6.45, 7) is 0.306. The molecular formula is C31H25N3O4. The zero-order valence-corrected chi connectivity index (χ0v) is 21.0. The number of furan rings is 1. The number of hydrogen-bond acceptors (Lipinski definition) is 5. The molecule has 0 aliphatic rings. The number of methoxy groups -OCH3 is 2. The Balaban J connectivity index is 1.73. The van der Waals surface area contributed by atoms with E-state index < -0.39 is 0 Å². The SMILES string of the molecule is COc1ccc(C(=O)Nc2c(C#N)c(-c3ccccc3)c(-c3ccccc3)n2Cc2ccco2)cc1OC. The zero-order chi connectivity index (χ0) is 26.5. The third kappa shape index (κ3) is 4.63. The van der Waals surface area contributed by atoms with Gasteiger partial charge >= 0.3 is 0 Å². The Morgan fingerprint density at radius 1 is 0.895 bits per heavy atom. The Labute approximate surface area is 220 Å². The number of rotatable bonds is 8. The van der Waals surface area contributed by atoms with Crippen molar-refractivity contribution in [2.75, 3.05) is 19.5 Å². The monoisotopic (exact) mass is 503 g/mol. The second kappa shape index (κ2) is 10.8. The van der Waals surface area contributed by atoms with Crippen molar-refractivity contribution >= 4 is 11.7 Å². The van der Waals surface area contributed by atoms with Crippen LogP contribution in [0.4, 0.5) is 5.82 Å². The van der Waals surface area contributed by atoms with Crippen molar-refractivity contribution in [3.05, 3.63) is 114 Å². The summed E-state index contributed by atoms with van der Waals surface area (Å²) in [5, 5.41) is 13.4. The van der Waals surface area contributed by atoms with Crippen molar-refractivity contribution in [1.82, 2.24) is 4.57 Å².